The van der Waals surface area contributed by atoms with Gasteiger partial charge in [0.1, 0.15) is 6.26 Å². The molecule has 108 valence electrons. The van der Waals surface area contributed by atoms with E-state index in [0.717, 1.165) is 12.0 Å². The molecule has 1 nitrogen and oxygen atoms in total. The number of Topliss-reactive ketones (excluding diaryl/α,β-unsaturated/α-hetero) is 1. The molecule has 0 saturated carbocycles. The van der Waals surface area contributed by atoms with Crippen molar-refractivity contribution in [1.82, 2.24) is 0 Å². The quantitative estimate of drug-likeness (QED) is 0.647. The van der Waals surface area contributed by atoms with Gasteiger partial charge in [0.25, 0.3) is 0 Å². The zero-order valence-electron chi connectivity index (χ0n) is 12.5. The molecule has 0 N–H and O–H groups in total. The lowest BCUT2D eigenvalue weighted by Crippen LogP contribution is -2.26. The number of rotatable bonds is 2. The van der Waals surface area contributed by atoms with Crippen molar-refractivity contribution < 1.29 is 4.79 Å². The van der Waals surface area contributed by atoms with Gasteiger partial charge in [-0.3, -0.25) is 4.79 Å². The standard InChI is InChI=1S/C20H17OS/c1-22(17-11-10-14-6-2-3-7-15(14)12-17)19-13-16-8-4-5-9-18(16)20(19)21/h2-12,19H,13H2,1H3/q+1. The summed E-state index contributed by atoms with van der Waals surface area (Å²) < 4.78 is 0. The van der Waals surface area contributed by atoms with Gasteiger partial charge in [-0.2, -0.15) is 0 Å². The predicted molar refractivity (Wildman–Crippen MR) is 93.8 cm³/mol. The van der Waals surface area contributed by atoms with Gasteiger partial charge in [0.15, 0.2) is 10.1 Å². The van der Waals surface area contributed by atoms with Gasteiger partial charge >= 0.3 is 0 Å². The van der Waals surface area contributed by atoms with Gasteiger partial charge < -0.3 is 0 Å². The van der Waals surface area contributed by atoms with Crippen LogP contribution >= 0.6 is 0 Å². The van der Waals surface area contributed by atoms with Crippen LogP contribution in [0.3, 0.4) is 0 Å². The van der Waals surface area contributed by atoms with E-state index in [0.29, 0.717) is 5.78 Å². The Hall–Kier alpha value is -2.06. The van der Waals surface area contributed by atoms with Crippen LogP contribution in [0.25, 0.3) is 10.8 Å². The van der Waals surface area contributed by atoms with Gasteiger partial charge in [-0.05, 0) is 28.5 Å². The molecule has 4 rings (SSSR count). The number of hydrogen-bond donors (Lipinski definition) is 0. The summed E-state index contributed by atoms with van der Waals surface area (Å²) in [6, 6.07) is 23.0. The van der Waals surface area contributed by atoms with Gasteiger partial charge in [0, 0.05) is 28.9 Å². The van der Waals surface area contributed by atoms with Crippen LogP contribution in [-0.4, -0.2) is 17.3 Å². The highest BCUT2D eigenvalue weighted by Crippen LogP contribution is 2.31. The van der Waals surface area contributed by atoms with E-state index in [2.05, 4.69) is 54.8 Å². The smallest absolute Gasteiger partial charge is 0.215 e. The summed E-state index contributed by atoms with van der Waals surface area (Å²) in [5, 5.41) is 2.60. The molecule has 3 aromatic rings. The van der Waals surface area contributed by atoms with Crippen molar-refractivity contribution in [2.24, 2.45) is 0 Å². The maximum Gasteiger partial charge on any atom is 0.215 e. The van der Waals surface area contributed by atoms with E-state index in [4.69, 9.17) is 0 Å². The molecule has 1 aliphatic rings. The van der Waals surface area contributed by atoms with Crippen molar-refractivity contribution in [2.45, 2.75) is 16.6 Å². The van der Waals surface area contributed by atoms with E-state index in [1.165, 1.54) is 21.2 Å². The molecular weight excluding hydrogens is 288 g/mol. The molecule has 0 heterocycles. The molecular formula is C20H17OS+. The fourth-order valence-electron chi connectivity index (χ4n) is 3.22. The molecule has 22 heavy (non-hydrogen) atoms. The normalized spacial score (nSPS) is 18.4. The lowest BCUT2D eigenvalue weighted by molar-refractivity contribution is 0.0999. The minimum absolute atomic E-state index is 0.0707. The third kappa shape index (κ3) is 2.15. The van der Waals surface area contributed by atoms with Gasteiger partial charge in [-0.1, -0.05) is 48.5 Å². The third-order valence-corrected chi connectivity index (χ3v) is 6.73. The Labute approximate surface area is 133 Å². The number of hydrogen-bond acceptors (Lipinski definition) is 1. The number of fused-ring (bicyclic) bond motifs is 2. The second-order valence-electron chi connectivity index (χ2n) is 5.78. The van der Waals surface area contributed by atoms with Crippen LogP contribution in [0.4, 0.5) is 0 Å². The van der Waals surface area contributed by atoms with Crippen LogP contribution in [0.15, 0.2) is 71.6 Å². The maximum absolute atomic E-state index is 12.7. The molecule has 0 spiro atoms. The molecule has 2 unspecified atom stereocenters. The summed E-state index contributed by atoms with van der Waals surface area (Å²) in [6.45, 7) is 0. The summed E-state index contributed by atoms with van der Waals surface area (Å²) >= 11 is 0. The van der Waals surface area contributed by atoms with Crippen LogP contribution in [-0.2, 0) is 17.3 Å². The van der Waals surface area contributed by atoms with Crippen LogP contribution in [0.2, 0.25) is 0 Å². The molecule has 0 saturated heterocycles. The Morgan fingerprint density at radius 2 is 1.64 bits per heavy atom. The van der Waals surface area contributed by atoms with E-state index < -0.39 is 0 Å². The fraction of sp³-hybridized carbons (Fsp3) is 0.150. The zero-order valence-corrected chi connectivity index (χ0v) is 13.3. The van der Waals surface area contributed by atoms with E-state index in [1.807, 2.05) is 18.2 Å². The van der Waals surface area contributed by atoms with E-state index in [-0.39, 0.29) is 16.1 Å². The second-order valence-corrected chi connectivity index (χ2v) is 7.94. The van der Waals surface area contributed by atoms with Crippen molar-refractivity contribution >= 4 is 27.5 Å². The van der Waals surface area contributed by atoms with Crippen LogP contribution in [0.1, 0.15) is 15.9 Å². The summed E-state index contributed by atoms with van der Waals surface area (Å²) in [5.41, 5.74) is 2.13. The lowest BCUT2D eigenvalue weighted by atomic mass is 10.1. The van der Waals surface area contributed by atoms with Crippen LogP contribution in [0.5, 0.6) is 0 Å². The minimum Gasteiger partial charge on any atom is -0.288 e. The highest BCUT2D eigenvalue weighted by molar-refractivity contribution is 7.97. The highest BCUT2D eigenvalue weighted by atomic mass is 32.2. The zero-order chi connectivity index (χ0) is 15.1. The first-order chi connectivity index (χ1) is 10.7. The first-order valence-corrected chi connectivity index (χ1v) is 9.19. The molecule has 0 fully saturated rings. The van der Waals surface area contributed by atoms with Gasteiger partial charge in [0.2, 0.25) is 5.78 Å². The molecule has 0 radical (unpaired) electrons. The second kappa shape index (κ2) is 5.29. The topological polar surface area (TPSA) is 17.1 Å². The van der Waals surface area contributed by atoms with E-state index in [9.17, 15) is 4.79 Å². The monoisotopic (exact) mass is 305 g/mol. The van der Waals surface area contributed by atoms with Crippen LogP contribution < -0.4 is 0 Å². The Balaban J connectivity index is 1.69. The first kappa shape index (κ1) is 13.6. The summed E-state index contributed by atoms with van der Waals surface area (Å²) in [5.74, 6) is 0.314. The maximum atomic E-state index is 12.7. The van der Waals surface area contributed by atoms with E-state index in [1.54, 1.807) is 0 Å². The van der Waals surface area contributed by atoms with Crippen molar-refractivity contribution in [3.05, 3.63) is 77.9 Å². The van der Waals surface area contributed by atoms with Gasteiger partial charge in [0.05, 0.1) is 0 Å². The van der Waals surface area contributed by atoms with E-state index >= 15 is 0 Å². The Kier molecular flexibility index (Phi) is 3.27. The van der Waals surface area contributed by atoms with Crippen molar-refractivity contribution in [2.75, 3.05) is 6.26 Å². The molecule has 0 amide bonds. The number of carbonyl (C=O) groups excluding carboxylic acids is 1. The van der Waals surface area contributed by atoms with Crippen molar-refractivity contribution in [3.8, 4) is 0 Å². The minimum atomic E-state index is -0.0707. The molecule has 0 bridgehead atoms. The first-order valence-electron chi connectivity index (χ1n) is 7.50. The molecule has 2 atom stereocenters. The number of carbonyl (C=O) groups is 1. The summed E-state index contributed by atoms with van der Waals surface area (Å²) in [6.07, 6.45) is 3.08. The molecule has 0 aliphatic heterocycles. The lowest BCUT2D eigenvalue weighted by Gasteiger charge is -2.09. The summed E-state index contributed by atoms with van der Waals surface area (Å²) in [7, 11) is -0.0707. The fourth-order valence-corrected chi connectivity index (χ4v) is 5.02. The SMILES string of the molecule is C[S+](c1ccc2ccccc2c1)C1Cc2ccccc2C1=O. The Morgan fingerprint density at radius 3 is 2.45 bits per heavy atom. The third-order valence-electron chi connectivity index (χ3n) is 4.50. The van der Waals surface area contributed by atoms with Crippen molar-refractivity contribution in [1.29, 1.82) is 0 Å². The highest BCUT2D eigenvalue weighted by Gasteiger charge is 2.41. The molecule has 3 aromatic carbocycles. The average molecular weight is 305 g/mol. The van der Waals surface area contributed by atoms with Gasteiger partial charge in [-0.15, -0.1) is 0 Å². The Bertz CT molecular complexity index is 868. The molecule has 1 aliphatic carbocycles. The van der Waals surface area contributed by atoms with Gasteiger partial charge in [-0.25, -0.2) is 0 Å². The number of ketones is 1. The molecule has 0 aromatic heterocycles. The molecule has 2 heteroatoms. The van der Waals surface area contributed by atoms with Crippen LogP contribution in [0, 0.1) is 0 Å². The summed E-state index contributed by atoms with van der Waals surface area (Å²) in [4.78, 5) is 14.0. The average Bonchev–Trinajstić information content (AvgIpc) is 2.91. The Morgan fingerprint density at radius 1 is 0.909 bits per heavy atom. The number of benzene rings is 3. The van der Waals surface area contributed by atoms with Crippen molar-refractivity contribution in [3.63, 3.8) is 0 Å². The largest absolute Gasteiger partial charge is 0.288 e. The predicted octanol–water partition coefficient (Wildman–Crippen LogP) is 4.25.